The molecule has 0 aromatic carbocycles. The number of hydrogen-bond donors (Lipinski definition) is 1. The van der Waals surface area contributed by atoms with Crippen molar-refractivity contribution >= 4 is 12.0 Å². The largest absolute Gasteiger partial charge is 0.447 e. The van der Waals surface area contributed by atoms with Gasteiger partial charge in [-0.1, -0.05) is 45.1 Å². The Hall–Kier alpha value is -1.88. The summed E-state index contributed by atoms with van der Waals surface area (Å²) in [5.41, 5.74) is 0.436. The minimum atomic E-state index is -0.677. The minimum Gasteiger partial charge on any atom is -0.447 e. The molecule has 0 spiro atoms. The molecule has 0 aliphatic carbocycles. The zero-order valence-corrected chi connectivity index (χ0v) is 15.1. The van der Waals surface area contributed by atoms with E-state index in [0.29, 0.717) is 5.57 Å². The van der Waals surface area contributed by atoms with Crippen LogP contribution >= 0.6 is 0 Å². The Morgan fingerprint density at radius 2 is 2.08 bits per heavy atom. The Morgan fingerprint density at radius 3 is 2.67 bits per heavy atom. The Balaban J connectivity index is 2.76. The van der Waals surface area contributed by atoms with E-state index >= 15 is 0 Å². The van der Waals surface area contributed by atoms with Crippen molar-refractivity contribution in [1.82, 2.24) is 4.90 Å². The quantitative estimate of drug-likeness (QED) is 0.419. The average Bonchev–Trinajstić information content (AvgIpc) is 2.92. The van der Waals surface area contributed by atoms with Crippen LogP contribution in [0.15, 0.2) is 36.5 Å². The van der Waals surface area contributed by atoms with Gasteiger partial charge in [-0.05, 0) is 25.7 Å². The molecule has 1 rings (SSSR count). The van der Waals surface area contributed by atoms with Gasteiger partial charge in [-0.25, -0.2) is 9.69 Å². The van der Waals surface area contributed by atoms with Crippen LogP contribution in [0.5, 0.6) is 0 Å². The summed E-state index contributed by atoms with van der Waals surface area (Å²) in [6, 6.07) is -0.243. The van der Waals surface area contributed by atoms with Crippen molar-refractivity contribution in [3.8, 4) is 0 Å². The maximum absolute atomic E-state index is 12.6. The lowest BCUT2D eigenvalue weighted by Gasteiger charge is -2.23. The summed E-state index contributed by atoms with van der Waals surface area (Å²) in [6.45, 7) is 11.3. The number of nitrogens with zero attached hydrogens (tertiary/aromatic N) is 1. The molecule has 1 fully saturated rings. The molecule has 5 heteroatoms. The van der Waals surface area contributed by atoms with Crippen LogP contribution in [-0.2, 0) is 9.53 Å². The van der Waals surface area contributed by atoms with Crippen LogP contribution in [0, 0.1) is 11.8 Å². The van der Waals surface area contributed by atoms with Gasteiger partial charge in [0, 0.05) is 11.5 Å². The van der Waals surface area contributed by atoms with Gasteiger partial charge < -0.3 is 9.84 Å². The van der Waals surface area contributed by atoms with Crippen molar-refractivity contribution < 1.29 is 19.4 Å². The van der Waals surface area contributed by atoms with Gasteiger partial charge in [-0.2, -0.15) is 0 Å². The third-order valence-corrected chi connectivity index (χ3v) is 4.15. The number of amides is 2. The molecule has 1 aliphatic heterocycles. The number of ether oxygens (including phenoxy) is 1. The predicted octanol–water partition coefficient (Wildman–Crippen LogP) is 3.46. The molecule has 24 heavy (non-hydrogen) atoms. The maximum Gasteiger partial charge on any atom is 0.417 e. The lowest BCUT2D eigenvalue weighted by molar-refractivity contribution is -0.125. The number of allylic oxidation sites excluding steroid dienone is 2. The van der Waals surface area contributed by atoms with Crippen LogP contribution in [0.4, 0.5) is 4.79 Å². The van der Waals surface area contributed by atoms with E-state index in [-0.39, 0.29) is 30.4 Å². The number of aliphatic hydroxyl groups excluding tert-OH is 1. The van der Waals surface area contributed by atoms with Crippen molar-refractivity contribution in [3.05, 3.63) is 36.5 Å². The van der Waals surface area contributed by atoms with E-state index in [2.05, 4.69) is 6.58 Å². The van der Waals surface area contributed by atoms with Crippen LogP contribution in [-0.4, -0.2) is 40.8 Å². The van der Waals surface area contributed by atoms with Gasteiger partial charge in [0.1, 0.15) is 6.61 Å². The third-order valence-electron chi connectivity index (χ3n) is 4.15. The van der Waals surface area contributed by atoms with E-state index in [1.54, 1.807) is 19.1 Å². The Labute approximate surface area is 144 Å². The number of hydrogen-bond acceptors (Lipinski definition) is 4. The monoisotopic (exact) mass is 335 g/mol. The van der Waals surface area contributed by atoms with E-state index in [1.807, 2.05) is 32.9 Å². The highest BCUT2D eigenvalue weighted by Gasteiger charge is 2.39. The number of carbonyl (C=O) groups is 2. The first-order valence-electron chi connectivity index (χ1n) is 8.44. The fourth-order valence-corrected chi connectivity index (χ4v) is 2.54. The first-order chi connectivity index (χ1) is 11.3. The first kappa shape index (κ1) is 20.2. The van der Waals surface area contributed by atoms with Gasteiger partial charge in [0.05, 0.1) is 12.1 Å². The molecular weight excluding hydrogens is 306 g/mol. The summed E-state index contributed by atoms with van der Waals surface area (Å²) in [5, 5.41) is 10.1. The highest BCUT2D eigenvalue weighted by Crippen LogP contribution is 2.22. The summed E-state index contributed by atoms with van der Waals surface area (Å²) in [5.74, 6) is -0.458. The lowest BCUT2D eigenvalue weighted by Crippen LogP contribution is -2.42. The van der Waals surface area contributed by atoms with Crippen LogP contribution in [0.1, 0.15) is 40.5 Å². The number of imide groups is 1. The number of aliphatic hydroxyl groups is 1. The molecule has 0 bridgehead atoms. The zero-order chi connectivity index (χ0) is 18.3. The van der Waals surface area contributed by atoms with E-state index < -0.39 is 12.2 Å². The summed E-state index contributed by atoms with van der Waals surface area (Å²) < 4.78 is 5.01. The Kier molecular flexibility index (Phi) is 7.92. The molecule has 2 amide bonds. The fraction of sp³-hybridized carbons (Fsp3) is 0.579. The molecule has 1 N–H and O–H groups in total. The van der Waals surface area contributed by atoms with Crippen LogP contribution < -0.4 is 0 Å². The van der Waals surface area contributed by atoms with E-state index in [4.69, 9.17) is 4.74 Å². The molecule has 0 unspecified atom stereocenters. The van der Waals surface area contributed by atoms with Gasteiger partial charge in [-0.3, -0.25) is 4.79 Å². The van der Waals surface area contributed by atoms with Crippen molar-refractivity contribution in [2.24, 2.45) is 11.8 Å². The first-order valence-corrected chi connectivity index (χ1v) is 8.44. The van der Waals surface area contributed by atoms with Crippen LogP contribution in [0.25, 0.3) is 0 Å². The highest BCUT2D eigenvalue weighted by atomic mass is 16.6. The average molecular weight is 335 g/mol. The van der Waals surface area contributed by atoms with Gasteiger partial charge >= 0.3 is 6.09 Å². The van der Waals surface area contributed by atoms with Crippen LogP contribution in [0.3, 0.4) is 0 Å². The summed E-state index contributed by atoms with van der Waals surface area (Å²) in [6.07, 6.45) is 7.57. The van der Waals surface area contributed by atoms with Gasteiger partial charge in [0.25, 0.3) is 5.91 Å². The predicted molar refractivity (Wildman–Crippen MR) is 94.3 cm³/mol. The Bertz CT molecular complexity index is 521. The van der Waals surface area contributed by atoms with Gasteiger partial charge in [0.2, 0.25) is 0 Å². The molecule has 3 atom stereocenters. The zero-order valence-electron chi connectivity index (χ0n) is 15.1. The SMILES string of the molecule is C=CCC/C=C/[C@@H](O)[C@H](C)/C=C(\C)C(=O)N1C(=O)OC[C@H]1C(C)C. The minimum absolute atomic E-state index is 0.129. The summed E-state index contributed by atoms with van der Waals surface area (Å²) in [4.78, 5) is 25.6. The molecule has 1 heterocycles. The number of carbonyl (C=O) groups excluding carboxylic acids is 2. The molecule has 1 aliphatic rings. The fourth-order valence-electron chi connectivity index (χ4n) is 2.54. The second-order valence-corrected chi connectivity index (χ2v) is 6.56. The molecule has 134 valence electrons. The molecule has 0 radical (unpaired) electrons. The highest BCUT2D eigenvalue weighted by molar-refractivity contribution is 6.03. The summed E-state index contributed by atoms with van der Waals surface area (Å²) in [7, 11) is 0. The van der Waals surface area contributed by atoms with Crippen molar-refractivity contribution in [3.63, 3.8) is 0 Å². The van der Waals surface area contributed by atoms with E-state index in [0.717, 1.165) is 12.8 Å². The smallest absolute Gasteiger partial charge is 0.417 e. The van der Waals surface area contributed by atoms with Crippen LogP contribution in [0.2, 0.25) is 0 Å². The molecule has 0 aromatic rings. The Morgan fingerprint density at radius 1 is 1.42 bits per heavy atom. The van der Waals surface area contributed by atoms with Crippen molar-refractivity contribution in [1.29, 1.82) is 0 Å². The summed E-state index contributed by atoms with van der Waals surface area (Å²) >= 11 is 0. The van der Waals surface area contributed by atoms with Crippen molar-refractivity contribution in [2.45, 2.75) is 52.7 Å². The van der Waals surface area contributed by atoms with E-state index in [1.165, 1.54) is 4.90 Å². The second kappa shape index (κ2) is 9.42. The number of rotatable bonds is 8. The topological polar surface area (TPSA) is 66.8 Å². The number of cyclic esters (lactones) is 1. The maximum atomic E-state index is 12.6. The molecular formula is C19H29NO4. The molecule has 1 saturated heterocycles. The van der Waals surface area contributed by atoms with Gasteiger partial charge in [-0.15, -0.1) is 6.58 Å². The third kappa shape index (κ3) is 5.34. The molecule has 0 saturated carbocycles. The lowest BCUT2D eigenvalue weighted by atomic mass is 9.99. The second-order valence-electron chi connectivity index (χ2n) is 6.56. The molecule has 5 nitrogen and oxygen atoms in total. The normalized spacial score (nSPS) is 21.2. The van der Waals surface area contributed by atoms with E-state index in [9.17, 15) is 14.7 Å². The van der Waals surface area contributed by atoms with Gasteiger partial charge in [0.15, 0.2) is 0 Å². The standard InChI is InChI=1S/C19H29NO4/c1-6-7-8-9-10-17(21)14(4)11-15(5)18(22)20-16(13(2)3)12-24-19(20)23/h6,9-11,13-14,16-17,21H,1,7-8,12H2,2-5H3/b10-9+,15-11+/t14-,16+,17-/m1/s1. The molecule has 0 aromatic heterocycles. The number of unbranched alkanes of at least 4 members (excludes halogenated alkanes) is 1. The van der Waals surface area contributed by atoms with Crippen molar-refractivity contribution in [2.75, 3.05) is 6.61 Å².